The van der Waals surface area contributed by atoms with E-state index in [9.17, 15) is 9.59 Å². The van der Waals surface area contributed by atoms with Gasteiger partial charge in [0.1, 0.15) is 5.84 Å². The van der Waals surface area contributed by atoms with Gasteiger partial charge in [0.25, 0.3) is 5.91 Å². The summed E-state index contributed by atoms with van der Waals surface area (Å²) in [4.78, 5) is 24.5. The highest BCUT2D eigenvalue weighted by molar-refractivity contribution is 6.12. The highest BCUT2D eigenvalue weighted by Crippen LogP contribution is 2.15. The van der Waals surface area contributed by atoms with Crippen LogP contribution in [0.2, 0.25) is 0 Å². The van der Waals surface area contributed by atoms with Crippen LogP contribution >= 0.6 is 0 Å². The van der Waals surface area contributed by atoms with Crippen LogP contribution in [0.25, 0.3) is 0 Å². The normalized spacial score (nSPS) is 11.0. The number of ether oxygens (including phenoxy) is 2. The van der Waals surface area contributed by atoms with Gasteiger partial charge in [-0.1, -0.05) is 12.1 Å². The second kappa shape index (κ2) is 13.4. The molecule has 154 valence electrons. The van der Waals surface area contributed by atoms with Crippen molar-refractivity contribution in [3.8, 4) is 0 Å². The maximum Gasteiger partial charge on any atom is 0.258 e. The Hall–Kier alpha value is -2.75. The molecule has 28 heavy (non-hydrogen) atoms. The monoisotopic (exact) mass is 391 g/mol. The molecule has 0 heterocycles. The third-order valence-corrected chi connectivity index (χ3v) is 3.56. The Bertz CT molecular complexity index is 691. The molecule has 0 aliphatic rings. The summed E-state index contributed by atoms with van der Waals surface area (Å²) in [5.41, 5.74) is 6.69. The van der Waals surface area contributed by atoms with Gasteiger partial charge >= 0.3 is 0 Å². The van der Waals surface area contributed by atoms with Crippen molar-refractivity contribution in [3.05, 3.63) is 41.6 Å². The molecule has 9 nitrogen and oxygen atoms in total. The molecule has 2 amide bonds. The first-order chi connectivity index (χ1) is 13.5. The van der Waals surface area contributed by atoms with Crippen LogP contribution in [0.3, 0.4) is 0 Å². The van der Waals surface area contributed by atoms with Crippen LogP contribution in [-0.4, -0.2) is 57.7 Å². The fraction of sp³-hybridized carbons (Fsp3) is 0.421. The number of nitrogens with one attached hydrogen (secondary N) is 4. The molecule has 6 N–H and O–H groups in total. The van der Waals surface area contributed by atoms with E-state index in [1.807, 2.05) is 0 Å². The molecule has 0 aliphatic heterocycles. The lowest BCUT2D eigenvalue weighted by atomic mass is 10.1. The van der Waals surface area contributed by atoms with Crippen LogP contribution < -0.4 is 21.7 Å². The minimum Gasteiger partial charge on any atom is -0.392 e. The van der Waals surface area contributed by atoms with E-state index in [2.05, 4.69) is 16.0 Å². The number of anilines is 1. The first kappa shape index (κ1) is 23.3. The van der Waals surface area contributed by atoms with E-state index < -0.39 is 5.91 Å². The van der Waals surface area contributed by atoms with Crippen molar-refractivity contribution in [1.29, 1.82) is 5.41 Å². The molecule has 1 rings (SSSR count). The number of allylic oxidation sites excluding steroid dienone is 1. The Kier molecular flexibility index (Phi) is 11.2. The summed E-state index contributed by atoms with van der Waals surface area (Å²) < 4.78 is 10.5. The molecule has 9 heteroatoms. The minimum absolute atomic E-state index is 0.0526. The van der Waals surface area contributed by atoms with Gasteiger partial charge in [-0.05, 0) is 25.1 Å². The van der Waals surface area contributed by atoms with E-state index in [-0.39, 0.29) is 30.3 Å². The van der Waals surface area contributed by atoms with Crippen molar-refractivity contribution >= 4 is 23.3 Å². The van der Waals surface area contributed by atoms with Crippen molar-refractivity contribution in [3.63, 3.8) is 0 Å². The summed E-state index contributed by atoms with van der Waals surface area (Å²) in [6.45, 7) is 3.76. The summed E-state index contributed by atoms with van der Waals surface area (Å²) in [6.07, 6.45) is 1.64. The lowest BCUT2D eigenvalue weighted by molar-refractivity contribution is -0.117. The molecule has 1 aromatic carbocycles. The van der Waals surface area contributed by atoms with E-state index in [0.717, 1.165) is 5.70 Å². The number of carbonyl (C=O) groups excluding carboxylic acids is 2. The van der Waals surface area contributed by atoms with Gasteiger partial charge in [-0.15, -0.1) is 0 Å². The zero-order valence-corrected chi connectivity index (χ0v) is 16.3. The predicted octanol–water partition coefficient (Wildman–Crippen LogP) is 0.837. The smallest absolute Gasteiger partial charge is 0.258 e. The molecule has 1 aromatic rings. The molecule has 0 saturated heterocycles. The van der Waals surface area contributed by atoms with Crippen LogP contribution in [0.1, 0.15) is 23.7 Å². The molecule has 0 saturated carbocycles. The second-order valence-electron chi connectivity index (χ2n) is 5.80. The number of hydrogen-bond acceptors (Lipinski definition) is 7. The van der Waals surface area contributed by atoms with Gasteiger partial charge < -0.3 is 31.2 Å². The van der Waals surface area contributed by atoms with E-state index in [4.69, 9.17) is 20.6 Å². The summed E-state index contributed by atoms with van der Waals surface area (Å²) in [5, 5.41) is 15.9. The number of hydrogen-bond donors (Lipinski definition) is 5. The highest BCUT2D eigenvalue weighted by Gasteiger charge is 2.14. The number of para-hydroxylation sites is 1. The summed E-state index contributed by atoms with van der Waals surface area (Å²) in [5.74, 6) is -0.804. The van der Waals surface area contributed by atoms with Crippen LogP contribution in [0.15, 0.2) is 36.0 Å². The summed E-state index contributed by atoms with van der Waals surface area (Å²) in [6, 6.07) is 6.62. The average Bonchev–Trinajstić information content (AvgIpc) is 2.67. The number of rotatable bonds is 12. The second-order valence-corrected chi connectivity index (χ2v) is 5.80. The number of amidine groups is 1. The molecular formula is C19H29N5O4. The first-order valence-electron chi connectivity index (χ1n) is 8.98. The Morgan fingerprint density at radius 2 is 1.82 bits per heavy atom. The van der Waals surface area contributed by atoms with Crippen molar-refractivity contribution in [2.45, 2.75) is 13.3 Å². The molecule has 0 aliphatic carbocycles. The minimum atomic E-state index is -0.477. The molecule has 0 atom stereocenters. The maximum absolute atomic E-state index is 12.4. The lowest BCUT2D eigenvalue weighted by Crippen LogP contribution is -2.30. The van der Waals surface area contributed by atoms with Gasteiger partial charge in [0, 0.05) is 19.3 Å². The predicted molar refractivity (Wildman–Crippen MR) is 108 cm³/mol. The molecule has 0 aromatic heterocycles. The van der Waals surface area contributed by atoms with Gasteiger partial charge in [-0.2, -0.15) is 0 Å². The van der Waals surface area contributed by atoms with Crippen LogP contribution in [0.5, 0.6) is 0 Å². The molecule has 0 unspecified atom stereocenters. The maximum atomic E-state index is 12.4. The number of amides is 2. The molecule has 0 spiro atoms. The molecule has 0 radical (unpaired) electrons. The van der Waals surface area contributed by atoms with Crippen LogP contribution in [0, 0.1) is 5.41 Å². The number of carbonyl (C=O) groups is 2. The molecular weight excluding hydrogens is 362 g/mol. The Morgan fingerprint density at radius 1 is 1.14 bits per heavy atom. The third-order valence-electron chi connectivity index (χ3n) is 3.56. The van der Waals surface area contributed by atoms with Crippen molar-refractivity contribution in [2.75, 3.05) is 45.3 Å². The number of nitrogens with two attached hydrogens (primary N) is 1. The molecule has 0 fully saturated rings. The van der Waals surface area contributed by atoms with Crippen LogP contribution in [0.4, 0.5) is 5.69 Å². The fourth-order valence-electron chi connectivity index (χ4n) is 2.09. The average molecular weight is 391 g/mol. The zero-order valence-electron chi connectivity index (χ0n) is 16.3. The Morgan fingerprint density at radius 3 is 2.50 bits per heavy atom. The van der Waals surface area contributed by atoms with E-state index in [1.165, 1.54) is 6.08 Å². The topological polar surface area (TPSA) is 139 Å². The standard InChI is InChI=1S/C19H29N5O4/c1-14(22-2)13-17(21)24-19(26)15-5-3-4-6-16(15)23-18(25)7-9-27-11-12-28-10-8-20/h3-6,13,22H,7-12,20H2,1-2H3,(H,23,25)(H2,21,24,26)/b14-13-. The van der Waals surface area contributed by atoms with Crippen molar-refractivity contribution in [1.82, 2.24) is 10.6 Å². The summed E-state index contributed by atoms with van der Waals surface area (Å²) >= 11 is 0. The van der Waals surface area contributed by atoms with Gasteiger partial charge in [-0.3, -0.25) is 15.0 Å². The van der Waals surface area contributed by atoms with Gasteiger partial charge in [0.2, 0.25) is 5.91 Å². The first-order valence-corrected chi connectivity index (χ1v) is 8.98. The Balaban J connectivity index is 2.53. The quantitative estimate of drug-likeness (QED) is 0.203. The lowest BCUT2D eigenvalue weighted by Gasteiger charge is -2.11. The van der Waals surface area contributed by atoms with Crippen molar-refractivity contribution in [2.24, 2.45) is 5.73 Å². The van der Waals surface area contributed by atoms with Gasteiger partial charge in [0.15, 0.2) is 0 Å². The molecule has 0 bridgehead atoms. The van der Waals surface area contributed by atoms with E-state index in [0.29, 0.717) is 32.1 Å². The largest absolute Gasteiger partial charge is 0.392 e. The van der Waals surface area contributed by atoms with Gasteiger partial charge in [-0.25, -0.2) is 0 Å². The fourth-order valence-corrected chi connectivity index (χ4v) is 2.09. The van der Waals surface area contributed by atoms with E-state index >= 15 is 0 Å². The number of benzene rings is 1. The van der Waals surface area contributed by atoms with E-state index in [1.54, 1.807) is 38.2 Å². The van der Waals surface area contributed by atoms with Crippen molar-refractivity contribution < 1.29 is 19.1 Å². The van der Waals surface area contributed by atoms with Gasteiger partial charge in [0.05, 0.1) is 44.1 Å². The summed E-state index contributed by atoms with van der Waals surface area (Å²) in [7, 11) is 1.72. The highest BCUT2D eigenvalue weighted by atomic mass is 16.5. The van der Waals surface area contributed by atoms with Crippen LogP contribution in [-0.2, 0) is 14.3 Å². The zero-order chi connectivity index (χ0) is 20.8. The SMILES string of the molecule is CN/C(C)=C\C(=N)NC(=O)c1ccccc1NC(=O)CCOCCOCCN. The Labute approximate surface area is 165 Å². The third kappa shape index (κ3) is 9.26.